The topological polar surface area (TPSA) is 49.3 Å². The second-order valence-corrected chi connectivity index (χ2v) is 5.04. The Hall–Kier alpha value is -0.520. The summed E-state index contributed by atoms with van der Waals surface area (Å²) in [5, 5.41) is 8.45. The molecule has 0 saturated heterocycles. The Kier molecular flexibility index (Phi) is 2.57. The monoisotopic (exact) mass is 215 g/mol. The highest BCUT2D eigenvalue weighted by Gasteiger charge is 2.16. The molecule has 13 heavy (non-hydrogen) atoms. The minimum Gasteiger partial charge on any atom is -0.288 e. The quantitative estimate of drug-likeness (QED) is 0.553. The zero-order valence-electron chi connectivity index (χ0n) is 6.87. The number of rotatable bonds is 1. The number of thioether (sulfide) groups is 1. The van der Waals surface area contributed by atoms with Crippen LogP contribution in [0.3, 0.4) is 0 Å². The number of fused-ring (bicyclic) bond motifs is 1. The van der Waals surface area contributed by atoms with Gasteiger partial charge in [-0.3, -0.25) is 10.0 Å². The lowest BCUT2D eigenvalue weighted by molar-refractivity contribution is 0.0711. The van der Waals surface area contributed by atoms with Crippen molar-refractivity contribution in [3.05, 3.63) is 21.4 Å². The number of nitrogens with one attached hydrogen (secondary N) is 1. The van der Waals surface area contributed by atoms with Gasteiger partial charge in [-0.25, -0.2) is 5.48 Å². The van der Waals surface area contributed by atoms with Crippen LogP contribution >= 0.6 is 23.1 Å². The lowest BCUT2D eigenvalue weighted by atomic mass is 10.2. The Morgan fingerprint density at radius 2 is 2.46 bits per heavy atom. The van der Waals surface area contributed by atoms with Gasteiger partial charge in [-0.05, 0) is 23.8 Å². The molecule has 2 heterocycles. The number of hydrogen-bond donors (Lipinski definition) is 2. The van der Waals surface area contributed by atoms with Gasteiger partial charge in [0.15, 0.2) is 0 Å². The van der Waals surface area contributed by atoms with E-state index in [0.29, 0.717) is 4.88 Å². The molecule has 0 fully saturated rings. The fourth-order valence-corrected chi connectivity index (χ4v) is 3.58. The van der Waals surface area contributed by atoms with Crippen molar-refractivity contribution in [2.24, 2.45) is 0 Å². The molecule has 1 aromatic rings. The van der Waals surface area contributed by atoms with Crippen molar-refractivity contribution >= 4 is 29.0 Å². The average Bonchev–Trinajstić information content (AvgIpc) is 2.59. The van der Waals surface area contributed by atoms with Crippen LogP contribution in [0.15, 0.2) is 6.07 Å². The first-order valence-corrected chi connectivity index (χ1v) is 5.92. The van der Waals surface area contributed by atoms with Gasteiger partial charge in [0.1, 0.15) is 0 Å². The van der Waals surface area contributed by atoms with Crippen LogP contribution in [-0.2, 0) is 12.2 Å². The summed E-state index contributed by atoms with van der Waals surface area (Å²) in [7, 11) is 0. The number of hydrogen-bond acceptors (Lipinski definition) is 4. The minimum atomic E-state index is -0.399. The molecule has 1 aliphatic heterocycles. The maximum Gasteiger partial charge on any atom is 0.284 e. The molecule has 0 saturated carbocycles. The SMILES string of the molecule is O=C(NO)c1cc2c(s1)CCSC2. The predicted octanol–water partition coefficient (Wildman–Crippen LogP) is 1.66. The molecular weight excluding hydrogens is 206 g/mol. The smallest absolute Gasteiger partial charge is 0.284 e. The molecule has 3 nitrogen and oxygen atoms in total. The first-order chi connectivity index (χ1) is 6.31. The van der Waals surface area contributed by atoms with Crippen LogP contribution in [0.5, 0.6) is 0 Å². The third kappa shape index (κ3) is 1.72. The van der Waals surface area contributed by atoms with Gasteiger partial charge in [-0.2, -0.15) is 11.8 Å². The van der Waals surface area contributed by atoms with Gasteiger partial charge in [-0.1, -0.05) is 0 Å². The first-order valence-electron chi connectivity index (χ1n) is 3.95. The van der Waals surface area contributed by atoms with Crippen LogP contribution in [0.1, 0.15) is 20.1 Å². The van der Waals surface area contributed by atoms with Crippen LogP contribution in [0, 0.1) is 0 Å². The molecule has 0 aromatic carbocycles. The summed E-state index contributed by atoms with van der Waals surface area (Å²) >= 11 is 3.37. The fraction of sp³-hybridized carbons (Fsp3) is 0.375. The lowest BCUT2D eigenvalue weighted by Gasteiger charge is -2.08. The van der Waals surface area contributed by atoms with Gasteiger partial charge in [0, 0.05) is 10.6 Å². The summed E-state index contributed by atoms with van der Waals surface area (Å²) < 4.78 is 0. The summed E-state index contributed by atoms with van der Waals surface area (Å²) in [4.78, 5) is 13.0. The second-order valence-electron chi connectivity index (χ2n) is 2.80. The average molecular weight is 215 g/mol. The molecule has 0 radical (unpaired) electrons. The Labute approximate surface area is 84.1 Å². The molecule has 1 aliphatic rings. The van der Waals surface area contributed by atoms with E-state index in [0.717, 1.165) is 17.9 Å². The second kappa shape index (κ2) is 3.69. The van der Waals surface area contributed by atoms with E-state index < -0.39 is 5.91 Å². The van der Waals surface area contributed by atoms with E-state index in [2.05, 4.69) is 0 Å². The van der Waals surface area contributed by atoms with E-state index in [1.807, 2.05) is 17.8 Å². The van der Waals surface area contributed by atoms with Gasteiger partial charge in [0.05, 0.1) is 4.88 Å². The van der Waals surface area contributed by atoms with E-state index in [-0.39, 0.29) is 0 Å². The Morgan fingerprint density at radius 3 is 3.15 bits per heavy atom. The molecule has 0 unspecified atom stereocenters. The Bertz CT molecular complexity index is 311. The Balaban J connectivity index is 2.30. The number of amides is 1. The maximum absolute atomic E-state index is 11.1. The van der Waals surface area contributed by atoms with Crippen molar-refractivity contribution in [1.29, 1.82) is 0 Å². The molecule has 0 spiro atoms. The number of thiophene rings is 1. The maximum atomic E-state index is 11.1. The molecule has 2 N–H and O–H groups in total. The molecule has 0 aliphatic carbocycles. The first kappa shape index (κ1) is 9.05. The highest BCUT2D eigenvalue weighted by atomic mass is 32.2. The summed E-state index contributed by atoms with van der Waals surface area (Å²) in [6.45, 7) is 0. The molecule has 5 heteroatoms. The van der Waals surface area contributed by atoms with Gasteiger partial charge >= 0.3 is 0 Å². The van der Waals surface area contributed by atoms with E-state index in [9.17, 15) is 4.79 Å². The molecule has 1 amide bonds. The van der Waals surface area contributed by atoms with Crippen molar-refractivity contribution in [2.45, 2.75) is 12.2 Å². The molecule has 0 atom stereocenters. The zero-order chi connectivity index (χ0) is 9.26. The van der Waals surface area contributed by atoms with Crippen LogP contribution < -0.4 is 5.48 Å². The van der Waals surface area contributed by atoms with Gasteiger partial charge in [0.25, 0.3) is 5.91 Å². The third-order valence-electron chi connectivity index (χ3n) is 1.95. The zero-order valence-corrected chi connectivity index (χ0v) is 8.50. The van der Waals surface area contributed by atoms with Crippen LogP contribution in [0.2, 0.25) is 0 Å². The number of carbonyl (C=O) groups excluding carboxylic acids is 1. The number of carbonyl (C=O) groups is 1. The highest BCUT2D eigenvalue weighted by molar-refractivity contribution is 7.98. The van der Waals surface area contributed by atoms with Crippen molar-refractivity contribution in [2.75, 3.05) is 5.75 Å². The molecule has 70 valence electrons. The van der Waals surface area contributed by atoms with Gasteiger partial charge < -0.3 is 0 Å². The third-order valence-corrected chi connectivity index (χ3v) is 4.20. The van der Waals surface area contributed by atoms with Crippen molar-refractivity contribution in [3.63, 3.8) is 0 Å². The van der Waals surface area contributed by atoms with E-state index in [1.165, 1.54) is 21.8 Å². The standard InChI is InChI=1S/C8H9NO2S2/c10-8(9-11)7-3-5-4-12-2-1-6(5)13-7/h3,11H,1-2,4H2,(H,9,10). The summed E-state index contributed by atoms with van der Waals surface area (Å²) in [5.74, 6) is 1.72. The van der Waals surface area contributed by atoms with Gasteiger partial charge in [-0.15, -0.1) is 11.3 Å². The van der Waals surface area contributed by atoms with E-state index >= 15 is 0 Å². The van der Waals surface area contributed by atoms with Crippen LogP contribution in [-0.4, -0.2) is 16.9 Å². The van der Waals surface area contributed by atoms with E-state index in [1.54, 1.807) is 5.48 Å². The largest absolute Gasteiger partial charge is 0.288 e. The van der Waals surface area contributed by atoms with E-state index in [4.69, 9.17) is 5.21 Å². The minimum absolute atomic E-state index is 0.399. The highest BCUT2D eigenvalue weighted by Crippen LogP contribution is 2.31. The van der Waals surface area contributed by atoms with Crippen molar-refractivity contribution < 1.29 is 10.0 Å². The Morgan fingerprint density at radius 1 is 1.62 bits per heavy atom. The lowest BCUT2D eigenvalue weighted by Crippen LogP contribution is -2.16. The molecule has 1 aromatic heterocycles. The van der Waals surface area contributed by atoms with Gasteiger partial charge in [0.2, 0.25) is 0 Å². The molecule has 0 bridgehead atoms. The number of hydroxylamine groups is 1. The summed E-state index contributed by atoms with van der Waals surface area (Å²) in [6.07, 6.45) is 1.05. The van der Waals surface area contributed by atoms with Crippen molar-refractivity contribution in [1.82, 2.24) is 5.48 Å². The fourth-order valence-electron chi connectivity index (χ4n) is 1.31. The normalized spacial score (nSPS) is 15.2. The molecule has 2 rings (SSSR count). The van der Waals surface area contributed by atoms with Crippen LogP contribution in [0.4, 0.5) is 0 Å². The van der Waals surface area contributed by atoms with Crippen LogP contribution in [0.25, 0.3) is 0 Å². The van der Waals surface area contributed by atoms with Crippen molar-refractivity contribution in [3.8, 4) is 0 Å². The predicted molar refractivity (Wildman–Crippen MR) is 53.4 cm³/mol. The summed E-state index contributed by atoms with van der Waals surface area (Å²) in [5.41, 5.74) is 2.90. The number of aryl methyl sites for hydroxylation is 1. The molecular formula is C8H9NO2S2. The summed E-state index contributed by atoms with van der Waals surface area (Å²) in [6, 6.07) is 1.87.